The van der Waals surface area contributed by atoms with Crippen molar-refractivity contribution in [1.82, 2.24) is 19.3 Å². The molecule has 0 saturated heterocycles. The molecule has 1 unspecified atom stereocenters. The summed E-state index contributed by atoms with van der Waals surface area (Å²) in [5.74, 6) is 0.241. The topological polar surface area (TPSA) is 64.9 Å². The average Bonchev–Trinajstić information content (AvgIpc) is 3.28. The molecule has 0 bridgehead atoms. The number of hydrogen-bond donors (Lipinski definition) is 1. The Bertz CT molecular complexity index is 1260. The van der Waals surface area contributed by atoms with Crippen molar-refractivity contribution in [3.63, 3.8) is 0 Å². The number of imidazole rings is 1. The molecular formula is C19H16ClF2IN5OPS. The van der Waals surface area contributed by atoms with Gasteiger partial charge in [-0.05, 0) is 54.1 Å². The number of aromatic nitrogens is 4. The van der Waals surface area contributed by atoms with Crippen molar-refractivity contribution in [3.8, 4) is 16.3 Å². The van der Waals surface area contributed by atoms with Crippen LogP contribution in [0.3, 0.4) is 0 Å². The minimum atomic E-state index is -2.72. The van der Waals surface area contributed by atoms with Gasteiger partial charge in [-0.1, -0.05) is 11.6 Å². The molecule has 6 nitrogen and oxygen atoms in total. The normalized spacial score (nSPS) is 11.9. The highest BCUT2D eigenvalue weighted by molar-refractivity contribution is 14.2. The standard InChI is InChI=1S/C19H16ClF2IN5OPS/c1-8-9(2)31-19(24-8)10-4-5-11(13(6-10)29-3)25-12-7-14(20)26-17-15(12)27-18(16(21)22)28(17)30-23/h4-7,16,30H,1-3H3,(H,25,26). The highest BCUT2D eigenvalue weighted by atomic mass is 127. The second-order valence-electron chi connectivity index (χ2n) is 6.56. The maximum atomic E-state index is 13.5. The van der Waals surface area contributed by atoms with Crippen molar-refractivity contribution in [2.24, 2.45) is 0 Å². The Hall–Kier alpha value is -1.62. The van der Waals surface area contributed by atoms with E-state index in [1.54, 1.807) is 24.5 Å². The van der Waals surface area contributed by atoms with E-state index in [-0.39, 0.29) is 17.4 Å². The Kier molecular flexibility index (Phi) is 6.62. The van der Waals surface area contributed by atoms with Gasteiger partial charge in [0.05, 0.1) is 30.6 Å². The van der Waals surface area contributed by atoms with Crippen LogP contribution in [-0.2, 0) is 0 Å². The second kappa shape index (κ2) is 9.09. The number of nitrogens with one attached hydrogen (secondary N) is 1. The molecule has 0 aliphatic rings. The van der Waals surface area contributed by atoms with Gasteiger partial charge in [0.15, 0.2) is 11.5 Å². The third-order valence-corrected chi connectivity index (χ3v) is 8.01. The van der Waals surface area contributed by atoms with Crippen LogP contribution in [-0.4, -0.2) is 26.4 Å². The molecule has 0 aliphatic carbocycles. The molecule has 0 radical (unpaired) electrons. The van der Waals surface area contributed by atoms with Gasteiger partial charge in [0.1, 0.15) is 21.4 Å². The second-order valence-corrected chi connectivity index (χ2v) is 10.2. The Balaban J connectivity index is 1.78. The summed E-state index contributed by atoms with van der Waals surface area (Å²) in [6.45, 7) is 4.01. The number of ether oxygens (including phenoxy) is 1. The number of methoxy groups -OCH3 is 1. The van der Waals surface area contributed by atoms with Gasteiger partial charge in [-0.25, -0.2) is 23.7 Å². The number of benzene rings is 1. The fourth-order valence-corrected chi connectivity index (χ4v) is 6.02. The summed E-state index contributed by atoms with van der Waals surface area (Å²) >= 11 is 9.82. The zero-order valence-electron chi connectivity index (χ0n) is 16.5. The third-order valence-electron chi connectivity index (χ3n) is 4.64. The number of nitrogens with zero attached hydrogens (tertiary/aromatic N) is 4. The van der Waals surface area contributed by atoms with Gasteiger partial charge in [0.25, 0.3) is 6.43 Å². The molecule has 0 aliphatic heterocycles. The van der Waals surface area contributed by atoms with E-state index in [1.807, 2.05) is 54.1 Å². The van der Waals surface area contributed by atoms with Crippen LogP contribution in [0.15, 0.2) is 24.3 Å². The first-order chi connectivity index (χ1) is 14.8. The molecule has 3 aromatic heterocycles. The molecular weight excluding hydrogens is 578 g/mol. The van der Waals surface area contributed by atoms with E-state index in [1.165, 1.54) is 4.34 Å². The van der Waals surface area contributed by atoms with E-state index in [0.29, 0.717) is 28.3 Å². The molecule has 1 atom stereocenters. The molecule has 0 spiro atoms. The van der Waals surface area contributed by atoms with Crippen LogP contribution in [0.2, 0.25) is 5.15 Å². The maximum absolute atomic E-state index is 13.5. The SMILES string of the molecule is COc1cc(-c2nc(C)c(C)s2)ccc1Nc1cc(Cl)nc2c1nc(C(F)F)n2PI. The lowest BCUT2D eigenvalue weighted by atomic mass is 10.2. The summed E-state index contributed by atoms with van der Waals surface area (Å²) in [7, 11) is 1.57. The largest absolute Gasteiger partial charge is 0.495 e. The van der Waals surface area contributed by atoms with Crippen LogP contribution < -0.4 is 10.1 Å². The van der Waals surface area contributed by atoms with Crippen molar-refractivity contribution in [2.75, 3.05) is 12.4 Å². The average molecular weight is 594 g/mol. The van der Waals surface area contributed by atoms with E-state index in [0.717, 1.165) is 21.1 Å². The third kappa shape index (κ3) is 4.35. The number of pyridine rings is 1. The summed E-state index contributed by atoms with van der Waals surface area (Å²) in [5, 5.41) is 4.30. The van der Waals surface area contributed by atoms with Gasteiger partial charge in [0, 0.05) is 16.5 Å². The molecule has 0 amide bonds. The Morgan fingerprint density at radius 3 is 2.58 bits per heavy atom. The monoisotopic (exact) mass is 593 g/mol. The molecule has 12 heteroatoms. The summed E-state index contributed by atoms with van der Waals surface area (Å²) in [6.07, 6.45) is -2.71. The molecule has 162 valence electrons. The van der Waals surface area contributed by atoms with E-state index >= 15 is 0 Å². The molecule has 31 heavy (non-hydrogen) atoms. The van der Waals surface area contributed by atoms with Gasteiger partial charge >= 0.3 is 0 Å². The summed E-state index contributed by atoms with van der Waals surface area (Å²) in [4.78, 5) is 14.1. The van der Waals surface area contributed by atoms with Gasteiger partial charge in [-0.2, -0.15) is 0 Å². The van der Waals surface area contributed by atoms with Crippen LogP contribution in [0.4, 0.5) is 20.2 Å². The van der Waals surface area contributed by atoms with E-state index in [9.17, 15) is 8.78 Å². The highest BCUT2D eigenvalue weighted by Gasteiger charge is 2.22. The van der Waals surface area contributed by atoms with Crippen molar-refractivity contribution in [3.05, 3.63) is 45.8 Å². The Morgan fingerprint density at radius 2 is 1.97 bits per heavy atom. The molecule has 0 saturated carbocycles. The summed E-state index contributed by atoms with van der Waals surface area (Å²) < 4.78 is 33.9. The number of anilines is 2. The zero-order valence-corrected chi connectivity index (χ0v) is 21.2. The number of hydrogen-bond acceptors (Lipinski definition) is 6. The quantitative estimate of drug-likeness (QED) is 0.144. The van der Waals surface area contributed by atoms with Gasteiger partial charge in [-0.15, -0.1) is 11.3 Å². The lowest BCUT2D eigenvalue weighted by Gasteiger charge is -2.13. The van der Waals surface area contributed by atoms with Crippen molar-refractivity contribution >= 4 is 73.9 Å². The van der Waals surface area contributed by atoms with Crippen LogP contribution >= 0.6 is 51.4 Å². The Labute approximate surface area is 200 Å². The molecule has 4 rings (SSSR count). The van der Waals surface area contributed by atoms with Crippen molar-refractivity contribution in [2.45, 2.75) is 20.3 Å². The lowest BCUT2D eigenvalue weighted by Crippen LogP contribution is -1.97. The number of alkyl halides is 2. The van der Waals surface area contributed by atoms with Crippen LogP contribution in [0.25, 0.3) is 21.7 Å². The maximum Gasteiger partial charge on any atom is 0.295 e. The van der Waals surface area contributed by atoms with Crippen LogP contribution in [0, 0.1) is 13.8 Å². The molecule has 1 aromatic carbocycles. The number of rotatable bonds is 6. The first kappa shape index (κ1) is 22.6. The van der Waals surface area contributed by atoms with E-state index in [2.05, 4.69) is 20.3 Å². The number of fused-ring (bicyclic) bond motifs is 1. The smallest absolute Gasteiger partial charge is 0.295 e. The lowest BCUT2D eigenvalue weighted by molar-refractivity contribution is 0.140. The Morgan fingerprint density at radius 1 is 1.19 bits per heavy atom. The number of halogens is 4. The van der Waals surface area contributed by atoms with E-state index in [4.69, 9.17) is 16.3 Å². The fraction of sp³-hybridized carbons (Fsp3) is 0.211. The van der Waals surface area contributed by atoms with Gasteiger partial charge in [-0.3, -0.25) is 4.34 Å². The predicted octanol–water partition coefficient (Wildman–Crippen LogP) is 7.31. The molecule has 1 N–H and O–H groups in total. The number of aryl methyl sites for hydroxylation is 2. The predicted molar refractivity (Wildman–Crippen MR) is 132 cm³/mol. The molecule has 4 aromatic rings. The van der Waals surface area contributed by atoms with Gasteiger partial charge in [0.2, 0.25) is 0 Å². The fourth-order valence-electron chi connectivity index (χ4n) is 3.03. The van der Waals surface area contributed by atoms with Crippen molar-refractivity contribution in [1.29, 1.82) is 0 Å². The zero-order chi connectivity index (χ0) is 22.3. The summed E-state index contributed by atoms with van der Waals surface area (Å²) in [6, 6.07) is 7.23. The van der Waals surface area contributed by atoms with Crippen molar-refractivity contribution < 1.29 is 13.5 Å². The van der Waals surface area contributed by atoms with E-state index < -0.39 is 6.43 Å². The van der Waals surface area contributed by atoms with Crippen LogP contribution in [0.1, 0.15) is 22.8 Å². The highest BCUT2D eigenvalue weighted by Crippen LogP contribution is 2.40. The first-order valence-electron chi connectivity index (χ1n) is 8.95. The minimum Gasteiger partial charge on any atom is -0.495 e. The van der Waals surface area contributed by atoms with Crippen LogP contribution in [0.5, 0.6) is 5.75 Å². The molecule has 0 fully saturated rings. The van der Waals surface area contributed by atoms with Gasteiger partial charge < -0.3 is 10.1 Å². The minimum absolute atomic E-state index is 0.00607. The summed E-state index contributed by atoms with van der Waals surface area (Å²) in [5.41, 5.74) is 3.67. The molecule has 3 heterocycles. The number of thiazole rings is 1. The first-order valence-corrected chi connectivity index (χ1v) is 14.2.